The molecule has 0 aliphatic rings. The molecule has 0 bridgehead atoms. The number of rotatable bonds is 3. The number of hydrogen-bond acceptors (Lipinski definition) is 3. The van der Waals surface area contributed by atoms with Crippen molar-refractivity contribution >= 4 is 23.1 Å². The Morgan fingerprint density at radius 1 is 1.60 bits per heavy atom. The number of amides is 1. The molecule has 0 unspecified atom stereocenters. The van der Waals surface area contributed by atoms with Crippen LogP contribution in [0.2, 0.25) is 0 Å². The molecule has 0 fully saturated rings. The minimum atomic E-state index is -0.697. The number of nitrogens with two attached hydrogens (primary N) is 1. The third kappa shape index (κ3) is 2.79. The van der Waals surface area contributed by atoms with Gasteiger partial charge in [-0.05, 0) is 26.8 Å². The van der Waals surface area contributed by atoms with Crippen molar-refractivity contribution in [2.75, 3.05) is 0 Å². The molecule has 0 aromatic carbocycles. The predicted octanol–water partition coefficient (Wildman–Crippen LogP) is 1.38. The molecule has 4 nitrogen and oxygen atoms in total. The number of carbonyl (C=O) groups excluding carboxylic acids is 1. The van der Waals surface area contributed by atoms with Gasteiger partial charge in [-0.2, -0.15) is 0 Å². The monoisotopic (exact) mass is 226 g/mol. The van der Waals surface area contributed by atoms with E-state index in [4.69, 9.17) is 22.4 Å². The van der Waals surface area contributed by atoms with E-state index in [9.17, 15) is 4.79 Å². The molecule has 0 atom stereocenters. The maximum atomic E-state index is 11.7. The van der Waals surface area contributed by atoms with E-state index in [0.717, 1.165) is 0 Å². The first-order valence-electron chi connectivity index (χ1n) is 4.50. The lowest BCUT2D eigenvalue weighted by molar-refractivity contribution is 0.0931. The smallest absolute Gasteiger partial charge is 0.255 e. The Hall–Kier alpha value is -1.36. The van der Waals surface area contributed by atoms with Crippen LogP contribution in [0.4, 0.5) is 0 Å². The average molecular weight is 226 g/mol. The molecule has 15 heavy (non-hydrogen) atoms. The summed E-state index contributed by atoms with van der Waals surface area (Å²) in [6.07, 6.45) is 1.40. The largest absolute Gasteiger partial charge is 0.469 e. The highest BCUT2D eigenvalue weighted by molar-refractivity contribution is 7.80. The first-order valence-corrected chi connectivity index (χ1v) is 4.91. The zero-order chi connectivity index (χ0) is 11.6. The van der Waals surface area contributed by atoms with E-state index < -0.39 is 5.54 Å². The van der Waals surface area contributed by atoms with Crippen LogP contribution < -0.4 is 11.1 Å². The van der Waals surface area contributed by atoms with Gasteiger partial charge in [-0.15, -0.1) is 0 Å². The summed E-state index contributed by atoms with van der Waals surface area (Å²) in [5, 5.41) is 2.72. The molecular formula is C10H14N2O2S. The van der Waals surface area contributed by atoms with E-state index in [2.05, 4.69) is 5.32 Å². The lowest BCUT2D eigenvalue weighted by Crippen LogP contribution is -2.52. The second-order valence-electron chi connectivity index (χ2n) is 3.89. The van der Waals surface area contributed by atoms with Crippen molar-refractivity contribution in [3.63, 3.8) is 0 Å². The Balaban J connectivity index is 2.76. The van der Waals surface area contributed by atoms with Crippen LogP contribution in [0, 0.1) is 6.92 Å². The van der Waals surface area contributed by atoms with E-state index in [0.29, 0.717) is 11.3 Å². The van der Waals surface area contributed by atoms with Crippen molar-refractivity contribution in [2.24, 2.45) is 5.73 Å². The van der Waals surface area contributed by atoms with E-state index in [-0.39, 0.29) is 10.9 Å². The molecule has 0 saturated heterocycles. The zero-order valence-electron chi connectivity index (χ0n) is 8.96. The van der Waals surface area contributed by atoms with Gasteiger partial charge in [0.25, 0.3) is 5.91 Å². The van der Waals surface area contributed by atoms with Crippen molar-refractivity contribution in [3.8, 4) is 0 Å². The summed E-state index contributed by atoms with van der Waals surface area (Å²) in [4.78, 5) is 11.9. The van der Waals surface area contributed by atoms with E-state index in [1.807, 2.05) is 0 Å². The summed E-state index contributed by atoms with van der Waals surface area (Å²) >= 11 is 4.84. The molecule has 1 aromatic rings. The fourth-order valence-corrected chi connectivity index (χ4v) is 1.03. The standard InChI is InChI=1S/C10H14N2O2S/c1-6-4-7(5-14-6)8(13)12-10(2,3)9(11)15/h4-5H,1-3H3,(H2,11,15)(H,12,13). The van der Waals surface area contributed by atoms with Gasteiger partial charge < -0.3 is 15.5 Å². The quantitative estimate of drug-likeness (QED) is 0.764. The van der Waals surface area contributed by atoms with Gasteiger partial charge in [-0.25, -0.2) is 0 Å². The van der Waals surface area contributed by atoms with Gasteiger partial charge in [0.05, 0.1) is 16.1 Å². The summed E-state index contributed by atoms with van der Waals surface area (Å²) < 4.78 is 5.04. The topological polar surface area (TPSA) is 68.3 Å². The maximum Gasteiger partial charge on any atom is 0.255 e. The maximum absolute atomic E-state index is 11.7. The van der Waals surface area contributed by atoms with Crippen LogP contribution in [-0.4, -0.2) is 16.4 Å². The number of nitrogens with one attached hydrogen (secondary N) is 1. The normalized spacial score (nSPS) is 11.1. The van der Waals surface area contributed by atoms with Gasteiger partial charge in [0.2, 0.25) is 0 Å². The van der Waals surface area contributed by atoms with E-state index in [1.165, 1.54) is 6.26 Å². The van der Waals surface area contributed by atoms with Crippen molar-refractivity contribution in [3.05, 3.63) is 23.7 Å². The fraction of sp³-hybridized carbons (Fsp3) is 0.400. The average Bonchev–Trinajstić information content (AvgIpc) is 2.50. The number of carbonyl (C=O) groups is 1. The molecule has 0 aliphatic heterocycles. The van der Waals surface area contributed by atoms with Crippen molar-refractivity contribution in [2.45, 2.75) is 26.3 Å². The predicted molar refractivity (Wildman–Crippen MR) is 61.8 cm³/mol. The first-order chi connectivity index (χ1) is 6.83. The Labute approximate surface area is 93.8 Å². The zero-order valence-corrected chi connectivity index (χ0v) is 9.77. The van der Waals surface area contributed by atoms with E-state index >= 15 is 0 Å². The lowest BCUT2D eigenvalue weighted by atomic mass is 10.1. The Morgan fingerprint density at radius 3 is 2.60 bits per heavy atom. The Bertz CT molecular complexity index is 396. The van der Waals surface area contributed by atoms with E-state index in [1.54, 1.807) is 26.8 Å². The molecule has 1 amide bonds. The molecule has 1 aromatic heterocycles. The highest BCUT2D eigenvalue weighted by atomic mass is 32.1. The molecular weight excluding hydrogens is 212 g/mol. The number of aryl methyl sites for hydroxylation is 1. The molecule has 1 rings (SSSR count). The molecule has 0 saturated carbocycles. The molecule has 82 valence electrons. The lowest BCUT2D eigenvalue weighted by Gasteiger charge is -2.24. The number of furan rings is 1. The summed E-state index contributed by atoms with van der Waals surface area (Å²) in [6, 6.07) is 1.66. The summed E-state index contributed by atoms with van der Waals surface area (Å²) in [5.74, 6) is 0.443. The molecule has 5 heteroatoms. The summed E-state index contributed by atoms with van der Waals surface area (Å²) in [6.45, 7) is 5.27. The van der Waals surface area contributed by atoms with Crippen LogP contribution >= 0.6 is 12.2 Å². The second kappa shape index (κ2) is 4.02. The molecule has 0 aliphatic carbocycles. The third-order valence-corrected chi connectivity index (χ3v) is 2.55. The van der Waals surface area contributed by atoms with Crippen LogP contribution in [-0.2, 0) is 0 Å². The minimum Gasteiger partial charge on any atom is -0.469 e. The van der Waals surface area contributed by atoms with Crippen LogP contribution in [0.5, 0.6) is 0 Å². The SMILES string of the molecule is Cc1cc(C(=O)NC(C)(C)C(N)=S)co1. The molecule has 0 spiro atoms. The summed E-state index contributed by atoms with van der Waals surface area (Å²) in [7, 11) is 0. The Morgan fingerprint density at radius 2 is 2.20 bits per heavy atom. The highest BCUT2D eigenvalue weighted by Gasteiger charge is 2.24. The van der Waals surface area contributed by atoms with Gasteiger partial charge in [0.15, 0.2) is 0 Å². The molecule has 1 heterocycles. The second-order valence-corrected chi connectivity index (χ2v) is 4.33. The van der Waals surface area contributed by atoms with Crippen molar-refractivity contribution in [1.29, 1.82) is 0 Å². The molecule has 0 radical (unpaired) electrons. The highest BCUT2D eigenvalue weighted by Crippen LogP contribution is 2.09. The van der Waals surface area contributed by atoms with Crippen molar-refractivity contribution in [1.82, 2.24) is 5.32 Å². The number of thiocarbonyl (C=S) groups is 1. The third-order valence-electron chi connectivity index (χ3n) is 2.03. The van der Waals surface area contributed by atoms with Gasteiger partial charge in [-0.1, -0.05) is 12.2 Å². The van der Waals surface area contributed by atoms with Gasteiger partial charge in [-0.3, -0.25) is 4.79 Å². The number of hydrogen-bond donors (Lipinski definition) is 2. The molecule has 3 N–H and O–H groups in total. The van der Waals surface area contributed by atoms with Crippen LogP contribution in [0.15, 0.2) is 16.7 Å². The van der Waals surface area contributed by atoms with Crippen molar-refractivity contribution < 1.29 is 9.21 Å². The minimum absolute atomic E-state index is 0.246. The summed E-state index contributed by atoms with van der Waals surface area (Å²) in [5.41, 5.74) is 5.27. The Kier molecular flexibility index (Phi) is 3.14. The van der Waals surface area contributed by atoms with Crippen LogP contribution in [0.25, 0.3) is 0 Å². The van der Waals surface area contributed by atoms with Crippen LogP contribution in [0.1, 0.15) is 30.0 Å². The van der Waals surface area contributed by atoms with Gasteiger partial charge in [0.1, 0.15) is 12.0 Å². The van der Waals surface area contributed by atoms with Gasteiger partial charge in [0, 0.05) is 0 Å². The fourth-order valence-electron chi connectivity index (χ4n) is 0.980. The first kappa shape index (κ1) is 11.7. The van der Waals surface area contributed by atoms with Crippen LogP contribution in [0.3, 0.4) is 0 Å². The van der Waals surface area contributed by atoms with Gasteiger partial charge >= 0.3 is 0 Å².